The second kappa shape index (κ2) is 1.73. The lowest BCUT2D eigenvalue weighted by molar-refractivity contribution is 0.0627. The molecule has 1 rings (SSSR count). The van der Waals surface area contributed by atoms with Crippen molar-refractivity contribution in [3.05, 3.63) is 0 Å². The average Bonchev–Trinajstić information content (AvgIpc) is 2.47. The van der Waals surface area contributed by atoms with Gasteiger partial charge in [-0.25, -0.2) is 0 Å². The standard InChI is InChI=1S/C7H14O/c1-6(8-3)7(2)4-5-7/h6H,4-5H2,1-3H3. The fourth-order valence-electron chi connectivity index (χ4n) is 0.888. The fourth-order valence-corrected chi connectivity index (χ4v) is 0.888. The van der Waals surface area contributed by atoms with Gasteiger partial charge in [0.2, 0.25) is 0 Å². The number of methoxy groups -OCH3 is 1. The maximum atomic E-state index is 5.18. The molecule has 0 aliphatic heterocycles. The van der Waals surface area contributed by atoms with Crippen LogP contribution in [-0.4, -0.2) is 13.2 Å². The molecule has 0 N–H and O–H groups in total. The van der Waals surface area contributed by atoms with E-state index in [1.54, 1.807) is 7.11 Å². The highest BCUT2D eigenvalue weighted by molar-refractivity contribution is 4.93. The monoisotopic (exact) mass is 114 g/mol. The van der Waals surface area contributed by atoms with Gasteiger partial charge in [0.25, 0.3) is 0 Å². The van der Waals surface area contributed by atoms with Crippen molar-refractivity contribution < 1.29 is 4.74 Å². The smallest absolute Gasteiger partial charge is 0.0596 e. The van der Waals surface area contributed by atoms with Gasteiger partial charge in [-0.3, -0.25) is 0 Å². The van der Waals surface area contributed by atoms with Crippen molar-refractivity contribution in [3.8, 4) is 0 Å². The Morgan fingerprint density at radius 1 is 1.50 bits per heavy atom. The third-order valence-electron chi connectivity index (χ3n) is 2.37. The van der Waals surface area contributed by atoms with Gasteiger partial charge in [-0.15, -0.1) is 0 Å². The first-order valence-corrected chi connectivity index (χ1v) is 3.22. The predicted molar refractivity (Wildman–Crippen MR) is 33.8 cm³/mol. The van der Waals surface area contributed by atoms with Crippen LogP contribution in [0.15, 0.2) is 0 Å². The van der Waals surface area contributed by atoms with Gasteiger partial charge in [-0.05, 0) is 25.2 Å². The summed E-state index contributed by atoms with van der Waals surface area (Å²) in [6.07, 6.45) is 3.16. The van der Waals surface area contributed by atoms with E-state index in [0.717, 1.165) is 0 Å². The van der Waals surface area contributed by atoms with E-state index in [9.17, 15) is 0 Å². The summed E-state index contributed by atoms with van der Waals surface area (Å²) in [7, 11) is 1.79. The molecule has 48 valence electrons. The van der Waals surface area contributed by atoms with Crippen LogP contribution in [0.25, 0.3) is 0 Å². The number of ether oxygens (including phenoxy) is 1. The topological polar surface area (TPSA) is 9.23 Å². The van der Waals surface area contributed by atoms with Gasteiger partial charge in [0.15, 0.2) is 0 Å². The van der Waals surface area contributed by atoms with Crippen molar-refractivity contribution in [3.63, 3.8) is 0 Å². The van der Waals surface area contributed by atoms with Gasteiger partial charge in [0.05, 0.1) is 6.10 Å². The molecule has 1 heteroatoms. The van der Waals surface area contributed by atoms with Crippen LogP contribution in [0, 0.1) is 5.41 Å². The molecule has 1 unspecified atom stereocenters. The third-order valence-corrected chi connectivity index (χ3v) is 2.37. The zero-order valence-corrected chi connectivity index (χ0v) is 5.90. The van der Waals surface area contributed by atoms with Gasteiger partial charge in [-0.1, -0.05) is 6.92 Å². The number of rotatable bonds is 2. The molecule has 0 aromatic rings. The van der Waals surface area contributed by atoms with Crippen LogP contribution >= 0.6 is 0 Å². The summed E-state index contributed by atoms with van der Waals surface area (Å²) in [5, 5.41) is 0. The molecule has 0 bridgehead atoms. The molecule has 0 heterocycles. The Balaban J connectivity index is 2.34. The Kier molecular flexibility index (Phi) is 1.31. The largest absolute Gasteiger partial charge is 0.381 e. The van der Waals surface area contributed by atoms with E-state index in [1.165, 1.54) is 12.8 Å². The summed E-state index contributed by atoms with van der Waals surface area (Å²) in [6.45, 7) is 4.42. The first-order chi connectivity index (χ1) is 3.69. The highest BCUT2D eigenvalue weighted by atomic mass is 16.5. The minimum Gasteiger partial charge on any atom is -0.381 e. The Morgan fingerprint density at radius 3 is 2.12 bits per heavy atom. The van der Waals surface area contributed by atoms with E-state index in [2.05, 4.69) is 13.8 Å². The lowest BCUT2D eigenvalue weighted by atomic mass is 10.0. The van der Waals surface area contributed by atoms with Crippen molar-refractivity contribution in [2.75, 3.05) is 7.11 Å². The summed E-state index contributed by atoms with van der Waals surface area (Å²) >= 11 is 0. The maximum absolute atomic E-state index is 5.18. The van der Waals surface area contributed by atoms with Crippen molar-refractivity contribution >= 4 is 0 Å². The molecule has 0 amide bonds. The SMILES string of the molecule is COC(C)C1(C)CC1. The zero-order valence-electron chi connectivity index (χ0n) is 5.90. The average molecular weight is 114 g/mol. The quantitative estimate of drug-likeness (QED) is 0.532. The molecule has 0 saturated heterocycles. The molecule has 1 saturated carbocycles. The van der Waals surface area contributed by atoms with Crippen LogP contribution in [0.4, 0.5) is 0 Å². The second-order valence-corrected chi connectivity index (χ2v) is 3.03. The van der Waals surface area contributed by atoms with Crippen LogP contribution in [0.3, 0.4) is 0 Å². The van der Waals surface area contributed by atoms with Gasteiger partial charge >= 0.3 is 0 Å². The fraction of sp³-hybridized carbons (Fsp3) is 1.00. The van der Waals surface area contributed by atoms with E-state index < -0.39 is 0 Å². The molecule has 1 aliphatic rings. The summed E-state index contributed by atoms with van der Waals surface area (Å²) in [5.41, 5.74) is 0.536. The molecule has 0 aromatic carbocycles. The van der Waals surface area contributed by atoms with Crippen LogP contribution in [0.1, 0.15) is 26.7 Å². The molecule has 1 aliphatic carbocycles. The van der Waals surface area contributed by atoms with Crippen molar-refractivity contribution in [2.45, 2.75) is 32.8 Å². The maximum Gasteiger partial charge on any atom is 0.0596 e. The van der Waals surface area contributed by atoms with Crippen LogP contribution in [0.2, 0.25) is 0 Å². The Hall–Kier alpha value is -0.0400. The van der Waals surface area contributed by atoms with E-state index in [0.29, 0.717) is 11.5 Å². The molecule has 1 nitrogen and oxygen atoms in total. The Morgan fingerprint density at radius 2 is 2.00 bits per heavy atom. The van der Waals surface area contributed by atoms with E-state index in [4.69, 9.17) is 4.74 Å². The Bertz CT molecular complexity index is 84.4. The van der Waals surface area contributed by atoms with Crippen LogP contribution in [-0.2, 0) is 4.74 Å². The van der Waals surface area contributed by atoms with Gasteiger partial charge in [0, 0.05) is 7.11 Å². The second-order valence-electron chi connectivity index (χ2n) is 3.03. The predicted octanol–water partition coefficient (Wildman–Crippen LogP) is 1.82. The molecular weight excluding hydrogens is 100 g/mol. The summed E-state index contributed by atoms with van der Waals surface area (Å²) < 4.78 is 5.18. The summed E-state index contributed by atoms with van der Waals surface area (Å²) in [5.74, 6) is 0. The molecule has 8 heavy (non-hydrogen) atoms. The molecule has 0 spiro atoms. The molecule has 0 aromatic heterocycles. The van der Waals surface area contributed by atoms with Crippen LogP contribution < -0.4 is 0 Å². The minimum atomic E-state index is 0.461. The first-order valence-electron chi connectivity index (χ1n) is 3.22. The molecule has 0 radical (unpaired) electrons. The summed E-state index contributed by atoms with van der Waals surface area (Å²) in [4.78, 5) is 0. The number of hydrogen-bond acceptors (Lipinski definition) is 1. The van der Waals surface area contributed by atoms with Crippen molar-refractivity contribution in [1.29, 1.82) is 0 Å². The normalized spacial score (nSPS) is 27.4. The lowest BCUT2D eigenvalue weighted by Crippen LogP contribution is -2.16. The van der Waals surface area contributed by atoms with Gasteiger partial charge < -0.3 is 4.74 Å². The Labute approximate surface area is 51.0 Å². The number of hydrogen-bond donors (Lipinski definition) is 0. The van der Waals surface area contributed by atoms with E-state index in [-0.39, 0.29) is 0 Å². The van der Waals surface area contributed by atoms with Gasteiger partial charge in [0.1, 0.15) is 0 Å². The van der Waals surface area contributed by atoms with E-state index in [1.807, 2.05) is 0 Å². The molecular formula is C7H14O. The summed E-state index contributed by atoms with van der Waals surface area (Å²) in [6, 6.07) is 0. The van der Waals surface area contributed by atoms with Crippen molar-refractivity contribution in [1.82, 2.24) is 0 Å². The zero-order chi connectivity index (χ0) is 6.20. The highest BCUT2D eigenvalue weighted by Gasteiger charge is 2.42. The van der Waals surface area contributed by atoms with Gasteiger partial charge in [-0.2, -0.15) is 0 Å². The van der Waals surface area contributed by atoms with Crippen molar-refractivity contribution in [2.24, 2.45) is 5.41 Å². The highest BCUT2D eigenvalue weighted by Crippen LogP contribution is 2.48. The van der Waals surface area contributed by atoms with Crippen LogP contribution in [0.5, 0.6) is 0 Å². The molecule has 1 atom stereocenters. The first kappa shape index (κ1) is 6.09. The third kappa shape index (κ3) is 0.873. The lowest BCUT2D eigenvalue weighted by Gasteiger charge is -2.15. The van der Waals surface area contributed by atoms with E-state index >= 15 is 0 Å². The molecule has 1 fully saturated rings. The minimum absolute atomic E-state index is 0.461.